The average molecular weight is 288 g/mol. The maximum absolute atomic E-state index is 12.0. The second kappa shape index (κ2) is 5.34. The third kappa shape index (κ3) is 2.91. The zero-order chi connectivity index (χ0) is 15.0. The van der Waals surface area contributed by atoms with Crippen LogP contribution in [0.3, 0.4) is 0 Å². The number of hydrogen-bond donors (Lipinski definition) is 1. The fourth-order valence-corrected chi connectivity index (χ4v) is 3.05. The van der Waals surface area contributed by atoms with Gasteiger partial charge >= 0.3 is 5.97 Å². The summed E-state index contributed by atoms with van der Waals surface area (Å²) in [5.41, 5.74) is 2.17. The third-order valence-electron chi connectivity index (χ3n) is 4.31. The molecule has 1 fully saturated rings. The SMILES string of the molecule is CC(C)(C)C(=O)OC1CCN(C2CNc3ccccc32)C1. The van der Waals surface area contributed by atoms with E-state index in [1.165, 1.54) is 11.3 Å². The lowest BCUT2D eigenvalue weighted by molar-refractivity contribution is -0.158. The van der Waals surface area contributed by atoms with Gasteiger partial charge in [-0.15, -0.1) is 0 Å². The number of benzene rings is 1. The van der Waals surface area contributed by atoms with Crippen LogP contribution in [0.4, 0.5) is 5.69 Å². The summed E-state index contributed by atoms with van der Waals surface area (Å²) in [4.78, 5) is 14.4. The maximum Gasteiger partial charge on any atom is 0.311 e. The Hall–Kier alpha value is -1.55. The lowest BCUT2D eigenvalue weighted by atomic mass is 9.97. The molecule has 0 aliphatic carbocycles. The van der Waals surface area contributed by atoms with Crippen LogP contribution in [-0.2, 0) is 9.53 Å². The minimum Gasteiger partial charge on any atom is -0.461 e. The Morgan fingerprint density at radius 1 is 1.33 bits per heavy atom. The van der Waals surface area contributed by atoms with Gasteiger partial charge in [0.05, 0.1) is 11.5 Å². The molecule has 0 bridgehead atoms. The number of likely N-dealkylation sites (tertiary alicyclic amines) is 1. The smallest absolute Gasteiger partial charge is 0.311 e. The highest BCUT2D eigenvalue weighted by Gasteiger charge is 2.35. The van der Waals surface area contributed by atoms with Crippen LogP contribution in [0.5, 0.6) is 0 Å². The molecule has 2 aliphatic rings. The van der Waals surface area contributed by atoms with Crippen molar-refractivity contribution in [3.63, 3.8) is 0 Å². The number of carbonyl (C=O) groups is 1. The van der Waals surface area contributed by atoms with Gasteiger partial charge in [-0.25, -0.2) is 0 Å². The summed E-state index contributed by atoms with van der Waals surface area (Å²) in [5.74, 6) is -0.0979. The summed E-state index contributed by atoms with van der Waals surface area (Å²) < 4.78 is 5.65. The lowest BCUT2D eigenvalue weighted by Gasteiger charge is -2.24. The van der Waals surface area contributed by atoms with Crippen molar-refractivity contribution in [1.82, 2.24) is 4.90 Å². The molecule has 0 saturated carbocycles. The topological polar surface area (TPSA) is 41.6 Å². The predicted octanol–water partition coefficient (Wildman–Crippen LogP) is 2.82. The predicted molar refractivity (Wildman–Crippen MR) is 83.2 cm³/mol. The first kappa shape index (κ1) is 14.4. The highest BCUT2D eigenvalue weighted by molar-refractivity contribution is 5.75. The van der Waals surface area contributed by atoms with Crippen molar-refractivity contribution in [2.24, 2.45) is 5.41 Å². The van der Waals surface area contributed by atoms with Crippen molar-refractivity contribution in [3.8, 4) is 0 Å². The molecule has 2 unspecified atom stereocenters. The van der Waals surface area contributed by atoms with Crippen LogP contribution in [0.15, 0.2) is 24.3 Å². The van der Waals surface area contributed by atoms with Crippen LogP contribution >= 0.6 is 0 Å². The van der Waals surface area contributed by atoms with Crippen LogP contribution in [0.1, 0.15) is 38.8 Å². The average Bonchev–Trinajstić information content (AvgIpc) is 3.03. The summed E-state index contributed by atoms with van der Waals surface area (Å²) in [7, 11) is 0. The minimum absolute atomic E-state index is 0.0319. The third-order valence-corrected chi connectivity index (χ3v) is 4.31. The first-order valence-corrected chi connectivity index (χ1v) is 7.73. The Balaban J connectivity index is 1.62. The van der Waals surface area contributed by atoms with Gasteiger partial charge in [0.25, 0.3) is 0 Å². The molecule has 114 valence electrons. The molecule has 1 saturated heterocycles. The van der Waals surface area contributed by atoms with Gasteiger partial charge < -0.3 is 10.1 Å². The van der Waals surface area contributed by atoms with Crippen molar-refractivity contribution in [1.29, 1.82) is 0 Å². The Morgan fingerprint density at radius 3 is 2.86 bits per heavy atom. The highest BCUT2D eigenvalue weighted by Crippen LogP contribution is 2.35. The first-order chi connectivity index (χ1) is 9.95. The van der Waals surface area contributed by atoms with Crippen LogP contribution in [0.2, 0.25) is 0 Å². The molecule has 1 aromatic carbocycles. The van der Waals surface area contributed by atoms with Gasteiger partial charge in [0.2, 0.25) is 0 Å². The quantitative estimate of drug-likeness (QED) is 0.850. The second-order valence-corrected chi connectivity index (χ2v) is 7.04. The second-order valence-electron chi connectivity index (χ2n) is 7.04. The molecule has 1 N–H and O–H groups in total. The molecule has 2 heterocycles. The molecule has 4 nitrogen and oxygen atoms in total. The number of esters is 1. The molecule has 3 rings (SSSR count). The van der Waals surface area contributed by atoms with Crippen molar-refractivity contribution >= 4 is 11.7 Å². The van der Waals surface area contributed by atoms with E-state index in [0.29, 0.717) is 6.04 Å². The Kier molecular flexibility index (Phi) is 3.66. The molecule has 0 aromatic heterocycles. The molecule has 21 heavy (non-hydrogen) atoms. The van der Waals surface area contributed by atoms with Crippen molar-refractivity contribution in [2.45, 2.75) is 39.3 Å². The maximum atomic E-state index is 12.0. The molecule has 2 atom stereocenters. The Morgan fingerprint density at radius 2 is 2.10 bits per heavy atom. The standard InChI is InChI=1S/C17H24N2O2/c1-17(2,3)16(20)21-12-8-9-19(11-12)15-10-18-14-7-5-4-6-13(14)15/h4-7,12,15,18H,8-11H2,1-3H3. The molecular weight excluding hydrogens is 264 g/mol. The Labute approximate surface area is 126 Å². The zero-order valence-electron chi connectivity index (χ0n) is 13.1. The summed E-state index contributed by atoms with van der Waals surface area (Å²) in [6.45, 7) is 8.47. The number of nitrogens with one attached hydrogen (secondary N) is 1. The Bertz CT molecular complexity index is 536. The van der Waals surface area contributed by atoms with E-state index in [2.05, 4.69) is 34.5 Å². The van der Waals surface area contributed by atoms with E-state index < -0.39 is 5.41 Å². The van der Waals surface area contributed by atoms with Gasteiger partial charge in [-0.2, -0.15) is 0 Å². The van der Waals surface area contributed by atoms with E-state index in [1.54, 1.807) is 0 Å². The molecule has 2 aliphatic heterocycles. The van der Waals surface area contributed by atoms with E-state index in [1.807, 2.05) is 20.8 Å². The van der Waals surface area contributed by atoms with E-state index in [-0.39, 0.29) is 12.1 Å². The largest absolute Gasteiger partial charge is 0.461 e. The van der Waals surface area contributed by atoms with Crippen LogP contribution in [-0.4, -0.2) is 36.6 Å². The number of ether oxygens (including phenoxy) is 1. The molecule has 0 amide bonds. The molecule has 4 heteroatoms. The number of carbonyl (C=O) groups excluding carboxylic acids is 1. The monoisotopic (exact) mass is 288 g/mol. The number of nitrogens with zero attached hydrogens (tertiary/aromatic N) is 1. The first-order valence-electron chi connectivity index (χ1n) is 7.73. The number of para-hydroxylation sites is 1. The fraction of sp³-hybridized carbons (Fsp3) is 0.588. The van der Waals surface area contributed by atoms with E-state index >= 15 is 0 Å². The fourth-order valence-electron chi connectivity index (χ4n) is 3.05. The normalized spacial score (nSPS) is 25.5. The van der Waals surface area contributed by atoms with Gasteiger partial charge in [-0.05, 0) is 38.8 Å². The van der Waals surface area contributed by atoms with Crippen LogP contribution in [0.25, 0.3) is 0 Å². The minimum atomic E-state index is -0.422. The van der Waals surface area contributed by atoms with Gasteiger partial charge in [-0.3, -0.25) is 9.69 Å². The molecule has 0 radical (unpaired) electrons. The van der Waals surface area contributed by atoms with Gasteiger partial charge in [0.15, 0.2) is 0 Å². The van der Waals surface area contributed by atoms with E-state index in [0.717, 1.165) is 26.1 Å². The van der Waals surface area contributed by atoms with Crippen molar-refractivity contribution in [3.05, 3.63) is 29.8 Å². The highest BCUT2D eigenvalue weighted by atomic mass is 16.5. The number of anilines is 1. The molecule has 0 spiro atoms. The van der Waals surface area contributed by atoms with E-state index in [9.17, 15) is 4.79 Å². The van der Waals surface area contributed by atoms with Crippen molar-refractivity contribution < 1.29 is 9.53 Å². The van der Waals surface area contributed by atoms with Gasteiger partial charge in [0, 0.05) is 25.3 Å². The molecule has 1 aromatic rings. The lowest BCUT2D eigenvalue weighted by Crippen LogP contribution is -2.32. The summed E-state index contributed by atoms with van der Waals surface area (Å²) in [5, 5.41) is 3.46. The van der Waals surface area contributed by atoms with E-state index in [4.69, 9.17) is 4.74 Å². The van der Waals surface area contributed by atoms with Crippen molar-refractivity contribution in [2.75, 3.05) is 25.0 Å². The van der Waals surface area contributed by atoms with Gasteiger partial charge in [-0.1, -0.05) is 18.2 Å². The summed E-state index contributed by atoms with van der Waals surface area (Å²) in [6, 6.07) is 8.87. The summed E-state index contributed by atoms with van der Waals surface area (Å²) in [6.07, 6.45) is 0.963. The number of hydrogen-bond acceptors (Lipinski definition) is 4. The zero-order valence-corrected chi connectivity index (χ0v) is 13.1. The van der Waals surface area contributed by atoms with Gasteiger partial charge in [0.1, 0.15) is 6.10 Å². The van der Waals surface area contributed by atoms with Crippen LogP contribution in [0, 0.1) is 5.41 Å². The molecular formula is C17H24N2O2. The summed E-state index contributed by atoms with van der Waals surface area (Å²) >= 11 is 0. The number of fused-ring (bicyclic) bond motifs is 1. The number of rotatable bonds is 2. The van der Waals surface area contributed by atoms with Crippen LogP contribution < -0.4 is 5.32 Å².